The van der Waals surface area contributed by atoms with Gasteiger partial charge < -0.3 is 15.4 Å². The number of ether oxygens (including phenoxy) is 1. The number of hydrogen-bond acceptors (Lipinski definition) is 3. The Kier molecular flexibility index (Phi) is 3.68. The average molecular weight is 321 g/mol. The minimum atomic E-state index is -0.572. The Hall–Kier alpha value is -2.60. The van der Waals surface area contributed by atoms with Crippen LogP contribution in [0.1, 0.15) is 10.4 Å². The molecule has 112 valence electrons. The molecule has 0 unspecified atom stereocenters. The highest BCUT2D eigenvalue weighted by Crippen LogP contribution is 2.31. The van der Waals surface area contributed by atoms with Crippen LogP contribution in [0.5, 0.6) is 5.75 Å². The summed E-state index contributed by atoms with van der Waals surface area (Å²) in [6.45, 7) is -0.0916. The molecule has 0 atom stereocenters. The van der Waals surface area contributed by atoms with Gasteiger partial charge in [-0.2, -0.15) is 0 Å². The smallest absolute Gasteiger partial charge is 0.262 e. The molecule has 0 fully saturated rings. The normalized spacial score (nSPS) is 12.9. The first-order valence-corrected chi connectivity index (χ1v) is 6.74. The zero-order chi connectivity index (χ0) is 15.7. The molecule has 0 spiro atoms. The van der Waals surface area contributed by atoms with Crippen molar-refractivity contribution < 1.29 is 18.7 Å². The number of rotatable bonds is 2. The summed E-state index contributed by atoms with van der Waals surface area (Å²) in [6.07, 6.45) is 0. The largest absolute Gasteiger partial charge is 0.482 e. The van der Waals surface area contributed by atoms with Crippen molar-refractivity contribution in [3.05, 3.63) is 52.8 Å². The fourth-order valence-corrected chi connectivity index (χ4v) is 2.24. The van der Waals surface area contributed by atoms with Crippen LogP contribution in [-0.2, 0) is 4.79 Å². The summed E-state index contributed by atoms with van der Waals surface area (Å²) >= 11 is 5.67. The summed E-state index contributed by atoms with van der Waals surface area (Å²) in [7, 11) is 0. The van der Waals surface area contributed by atoms with E-state index < -0.39 is 11.7 Å². The van der Waals surface area contributed by atoms with Gasteiger partial charge in [-0.25, -0.2) is 4.39 Å². The zero-order valence-electron chi connectivity index (χ0n) is 11.2. The first-order valence-electron chi connectivity index (χ1n) is 6.36. The van der Waals surface area contributed by atoms with Crippen LogP contribution < -0.4 is 15.4 Å². The number of carbonyl (C=O) groups is 2. The first-order chi connectivity index (χ1) is 10.5. The van der Waals surface area contributed by atoms with Gasteiger partial charge in [0.05, 0.1) is 16.3 Å². The molecule has 1 aliphatic rings. The zero-order valence-corrected chi connectivity index (χ0v) is 11.9. The van der Waals surface area contributed by atoms with Gasteiger partial charge in [-0.3, -0.25) is 9.59 Å². The second-order valence-electron chi connectivity index (χ2n) is 4.60. The molecule has 0 saturated heterocycles. The number of halogens is 2. The first kappa shape index (κ1) is 14.3. The number of nitrogens with one attached hydrogen (secondary N) is 2. The van der Waals surface area contributed by atoms with E-state index in [9.17, 15) is 14.0 Å². The van der Waals surface area contributed by atoms with Crippen molar-refractivity contribution in [1.29, 1.82) is 0 Å². The van der Waals surface area contributed by atoms with Crippen molar-refractivity contribution in [2.75, 3.05) is 17.2 Å². The van der Waals surface area contributed by atoms with Crippen LogP contribution in [0.25, 0.3) is 0 Å². The Morgan fingerprint density at radius 1 is 1.32 bits per heavy atom. The number of para-hydroxylation sites is 1. The van der Waals surface area contributed by atoms with E-state index in [1.165, 1.54) is 12.1 Å². The summed E-state index contributed by atoms with van der Waals surface area (Å²) in [6, 6.07) is 8.70. The van der Waals surface area contributed by atoms with Crippen molar-refractivity contribution in [2.24, 2.45) is 0 Å². The van der Waals surface area contributed by atoms with E-state index in [0.29, 0.717) is 17.1 Å². The quantitative estimate of drug-likeness (QED) is 0.893. The lowest BCUT2D eigenvalue weighted by Gasteiger charge is -2.20. The van der Waals surface area contributed by atoms with Crippen molar-refractivity contribution in [2.45, 2.75) is 0 Å². The summed E-state index contributed by atoms with van der Waals surface area (Å²) in [4.78, 5) is 23.7. The standard InChI is InChI=1S/C15H10ClFN2O3/c16-10-6-8(4-5-11(10)17)18-15(21)9-2-1-3-12-14(9)19-13(20)7-22-12/h1-6H,7H2,(H,18,21)(H,19,20). The number of benzene rings is 2. The minimum Gasteiger partial charge on any atom is -0.482 e. The SMILES string of the molecule is O=C1COc2cccc(C(=O)Nc3ccc(F)c(Cl)c3)c2N1. The number of hydrogen-bond donors (Lipinski definition) is 2. The van der Waals surface area contributed by atoms with E-state index in [2.05, 4.69) is 10.6 Å². The molecule has 22 heavy (non-hydrogen) atoms. The number of amides is 2. The third-order valence-electron chi connectivity index (χ3n) is 3.07. The Labute approximate surface area is 130 Å². The molecule has 0 aromatic heterocycles. The maximum Gasteiger partial charge on any atom is 0.262 e. The van der Waals surface area contributed by atoms with Crippen LogP contribution in [0.15, 0.2) is 36.4 Å². The minimum absolute atomic E-state index is 0.0916. The number of carbonyl (C=O) groups excluding carboxylic acids is 2. The van der Waals surface area contributed by atoms with Gasteiger partial charge in [0.25, 0.3) is 11.8 Å². The van der Waals surface area contributed by atoms with Gasteiger partial charge in [0.1, 0.15) is 11.6 Å². The van der Waals surface area contributed by atoms with E-state index in [1.54, 1.807) is 18.2 Å². The van der Waals surface area contributed by atoms with Crippen molar-refractivity contribution >= 4 is 34.8 Å². The van der Waals surface area contributed by atoms with Crippen molar-refractivity contribution in [3.63, 3.8) is 0 Å². The molecule has 3 rings (SSSR count). The highest BCUT2D eigenvalue weighted by molar-refractivity contribution is 6.31. The molecule has 1 aliphatic heterocycles. The van der Waals surface area contributed by atoms with E-state index in [4.69, 9.17) is 16.3 Å². The molecule has 2 aromatic carbocycles. The monoisotopic (exact) mass is 320 g/mol. The van der Waals surface area contributed by atoms with Gasteiger partial charge in [0, 0.05) is 5.69 Å². The molecule has 0 aliphatic carbocycles. The lowest BCUT2D eigenvalue weighted by Crippen LogP contribution is -2.27. The third kappa shape index (κ3) is 2.73. The second kappa shape index (κ2) is 5.65. The van der Waals surface area contributed by atoms with E-state index >= 15 is 0 Å². The van der Waals surface area contributed by atoms with Crippen molar-refractivity contribution in [3.8, 4) is 5.75 Å². The van der Waals surface area contributed by atoms with E-state index in [0.717, 1.165) is 6.07 Å². The van der Waals surface area contributed by atoms with Crippen LogP contribution >= 0.6 is 11.6 Å². The molecule has 0 radical (unpaired) electrons. The summed E-state index contributed by atoms with van der Waals surface area (Å²) < 4.78 is 18.4. The van der Waals surface area contributed by atoms with Crippen LogP contribution in [0.4, 0.5) is 15.8 Å². The summed E-state index contributed by atoms with van der Waals surface area (Å²) in [5, 5.41) is 5.11. The molecule has 5 nitrogen and oxygen atoms in total. The van der Waals surface area contributed by atoms with Gasteiger partial charge >= 0.3 is 0 Å². The lowest BCUT2D eigenvalue weighted by molar-refractivity contribution is -0.118. The molecule has 2 amide bonds. The van der Waals surface area contributed by atoms with Gasteiger partial charge in [-0.15, -0.1) is 0 Å². The predicted octanol–water partition coefficient (Wildman–Crippen LogP) is 3.06. The molecule has 2 aromatic rings. The fraction of sp³-hybridized carbons (Fsp3) is 0.0667. The van der Waals surface area contributed by atoms with Gasteiger partial charge in [0.15, 0.2) is 6.61 Å². The highest BCUT2D eigenvalue weighted by atomic mass is 35.5. The summed E-state index contributed by atoms with van der Waals surface area (Å²) in [5.74, 6) is -0.954. The molecular formula is C15H10ClFN2O3. The lowest BCUT2D eigenvalue weighted by atomic mass is 10.1. The van der Waals surface area contributed by atoms with E-state index in [-0.39, 0.29) is 23.1 Å². The Morgan fingerprint density at radius 3 is 2.91 bits per heavy atom. The molecule has 2 N–H and O–H groups in total. The number of fused-ring (bicyclic) bond motifs is 1. The molecule has 0 saturated carbocycles. The second-order valence-corrected chi connectivity index (χ2v) is 5.01. The Bertz CT molecular complexity index is 779. The van der Waals surface area contributed by atoms with Crippen molar-refractivity contribution in [1.82, 2.24) is 0 Å². The third-order valence-corrected chi connectivity index (χ3v) is 3.36. The van der Waals surface area contributed by atoms with Gasteiger partial charge in [-0.1, -0.05) is 17.7 Å². The fourth-order valence-electron chi connectivity index (χ4n) is 2.06. The highest BCUT2D eigenvalue weighted by Gasteiger charge is 2.22. The molecule has 1 heterocycles. The van der Waals surface area contributed by atoms with Gasteiger partial charge in [0.2, 0.25) is 0 Å². The Balaban J connectivity index is 1.89. The van der Waals surface area contributed by atoms with Crippen LogP contribution in [0, 0.1) is 5.82 Å². The summed E-state index contributed by atoms with van der Waals surface area (Å²) in [5.41, 5.74) is 0.896. The maximum absolute atomic E-state index is 13.1. The topological polar surface area (TPSA) is 67.4 Å². The number of anilines is 2. The maximum atomic E-state index is 13.1. The van der Waals surface area contributed by atoms with Crippen LogP contribution in [0.2, 0.25) is 5.02 Å². The van der Waals surface area contributed by atoms with E-state index in [1.807, 2.05) is 0 Å². The molecule has 0 bridgehead atoms. The van der Waals surface area contributed by atoms with Crippen LogP contribution in [0.3, 0.4) is 0 Å². The Morgan fingerprint density at radius 2 is 2.14 bits per heavy atom. The molecular weight excluding hydrogens is 311 g/mol. The average Bonchev–Trinajstić information content (AvgIpc) is 2.50. The van der Waals surface area contributed by atoms with Gasteiger partial charge in [-0.05, 0) is 30.3 Å². The predicted molar refractivity (Wildman–Crippen MR) is 79.9 cm³/mol. The van der Waals surface area contributed by atoms with Crippen LogP contribution in [-0.4, -0.2) is 18.4 Å². The molecule has 7 heteroatoms.